The number of rotatable bonds is 0. The van der Waals surface area contributed by atoms with Crippen LogP contribution in [0.3, 0.4) is 0 Å². The minimum Gasteiger partial charge on any atom is -0.206 e. The molecule has 0 radical (unpaired) electrons. The molecule has 0 bridgehead atoms. The van der Waals surface area contributed by atoms with Gasteiger partial charge in [0.2, 0.25) is 0 Å². The molecule has 0 aliphatic heterocycles. The van der Waals surface area contributed by atoms with Gasteiger partial charge in [0.1, 0.15) is 5.82 Å². The zero-order valence-corrected chi connectivity index (χ0v) is 9.96. The summed E-state index contributed by atoms with van der Waals surface area (Å²) in [5.74, 6) is 5.44. The Morgan fingerprint density at radius 3 is 2.25 bits per heavy atom. The van der Waals surface area contributed by atoms with Crippen LogP contribution in [0.25, 0.3) is 0 Å². The average Bonchev–Trinajstić information content (AvgIpc) is 2.30. The number of halogens is 2. The Bertz CT molecular complexity index is 547. The van der Waals surface area contributed by atoms with Crippen LogP contribution in [-0.2, 0) is 0 Å². The van der Waals surface area contributed by atoms with Gasteiger partial charge in [-0.15, -0.1) is 0 Å². The number of benzene rings is 2. The van der Waals surface area contributed by atoms with E-state index in [4.69, 9.17) is 0 Å². The minimum atomic E-state index is -0.285. The fourth-order valence-electron chi connectivity index (χ4n) is 1.24. The fraction of sp³-hybridized carbons (Fsp3) is 0. The SMILES string of the molecule is Fc1ccccc1C#Cc1ccc(Br)cc1. The maximum absolute atomic E-state index is 13.2. The van der Waals surface area contributed by atoms with Crippen molar-refractivity contribution in [1.82, 2.24) is 0 Å². The normalized spacial score (nSPS) is 9.38. The first-order chi connectivity index (χ1) is 7.75. The molecule has 0 saturated heterocycles. The summed E-state index contributed by atoms with van der Waals surface area (Å²) in [4.78, 5) is 0. The second-order valence-corrected chi connectivity index (χ2v) is 4.15. The summed E-state index contributed by atoms with van der Waals surface area (Å²) in [7, 11) is 0. The molecule has 0 amide bonds. The van der Waals surface area contributed by atoms with Gasteiger partial charge in [0, 0.05) is 10.0 Å². The first kappa shape index (κ1) is 10.9. The third kappa shape index (κ3) is 2.71. The van der Waals surface area contributed by atoms with Gasteiger partial charge in [-0.05, 0) is 36.4 Å². The average molecular weight is 275 g/mol. The number of hydrogen-bond acceptors (Lipinski definition) is 0. The Morgan fingerprint density at radius 1 is 0.875 bits per heavy atom. The van der Waals surface area contributed by atoms with E-state index in [2.05, 4.69) is 27.8 Å². The predicted octanol–water partition coefficient (Wildman–Crippen LogP) is 3.99. The third-order valence-electron chi connectivity index (χ3n) is 2.06. The summed E-state index contributed by atoms with van der Waals surface area (Å²) in [5.41, 5.74) is 1.29. The summed E-state index contributed by atoms with van der Waals surface area (Å²) in [5, 5.41) is 0. The highest BCUT2D eigenvalue weighted by atomic mass is 79.9. The van der Waals surface area contributed by atoms with Gasteiger partial charge in [-0.2, -0.15) is 0 Å². The molecule has 0 N–H and O–H groups in total. The lowest BCUT2D eigenvalue weighted by Gasteiger charge is -1.92. The van der Waals surface area contributed by atoms with Crippen LogP contribution in [0.5, 0.6) is 0 Å². The van der Waals surface area contributed by atoms with Crippen molar-refractivity contribution >= 4 is 15.9 Å². The lowest BCUT2D eigenvalue weighted by atomic mass is 10.2. The highest BCUT2D eigenvalue weighted by Crippen LogP contribution is 2.10. The van der Waals surface area contributed by atoms with Crippen molar-refractivity contribution in [2.45, 2.75) is 0 Å². The summed E-state index contributed by atoms with van der Waals surface area (Å²) in [6.45, 7) is 0. The largest absolute Gasteiger partial charge is 0.206 e. The third-order valence-corrected chi connectivity index (χ3v) is 2.59. The number of hydrogen-bond donors (Lipinski definition) is 0. The smallest absolute Gasteiger partial charge is 0.138 e. The molecular formula is C14H8BrF. The van der Waals surface area contributed by atoms with E-state index < -0.39 is 0 Å². The second kappa shape index (κ2) is 4.96. The molecule has 0 atom stereocenters. The zero-order chi connectivity index (χ0) is 11.4. The molecule has 78 valence electrons. The van der Waals surface area contributed by atoms with Crippen LogP contribution in [0, 0.1) is 17.7 Å². The van der Waals surface area contributed by atoms with Gasteiger partial charge < -0.3 is 0 Å². The van der Waals surface area contributed by atoms with Gasteiger partial charge in [-0.1, -0.05) is 39.9 Å². The molecule has 0 saturated carbocycles. The van der Waals surface area contributed by atoms with Crippen molar-refractivity contribution in [3.63, 3.8) is 0 Å². The van der Waals surface area contributed by atoms with E-state index in [9.17, 15) is 4.39 Å². The van der Waals surface area contributed by atoms with Crippen LogP contribution in [0.1, 0.15) is 11.1 Å². The molecule has 0 heterocycles. The van der Waals surface area contributed by atoms with E-state index in [1.165, 1.54) is 6.07 Å². The lowest BCUT2D eigenvalue weighted by molar-refractivity contribution is 0.624. The fourth-order valence-corrected chi connectivity index (χ4v) is 1.50. The van der Waals surface area contributed by atoms with E-state index in [0.717, 1.165) is 10.0 Å². The highest BCUT2D eigenvalue weighted by Gasteiger charge is 1.94. The summed E-state index contributed by atoms with van der Waals surface area (Å²) in [6, 6.07) is 14.1. The quantitative estimate of drug-likeness (QED) is 0.638. The van der Waals surface area contributed by atoms with Gasteiger partial charge in [0.05, 0.1) is 5.56 Å². The van der Waals surface area contributed by atoms with Gasteiger partial charge in [-0.25, -0.2) is 4.39 Å². The standard InChI is InChI=1S/C14H8BrF/c15-13-9-6-11(7-10-13)5-8-12-3-1-2-4-14(12)16/h1-4,6-7,9-10H. The Labute approximate surface area is 102 Å². The van der Waals surface area contributed by atoms with Crippen molar-refractivity contribution in [3.8, 4) is 11.8 Å². The van der Waals surface area contributed by atoms with Crippen LogP contribution >= 0.6 is 15.9 Å². The van der Waals surface area contributed by atoms with E-state index >= 15 is 0 Å². The van der Waals surface area contributed by atoms with Crippen LogP contribution < -0.4 is 0 Å². The molecule has 16 heavy (non-hydrogen) atoms. The first-order valence-electron chi connectivity index (χ1n) is 4.78. The molecular weight excluding hydrogens is 267 g/mol. The van der Waals surface area contributed by atoms with Crippen molar-refractivity contribution in [2.24, 2.45) is 0 Å². The van der Waals surface area contributed by atoms with Gasteiger partial charge in [0.25, 0.3) is 0 Å². The summed E-state index contributed by atoms with van der Waals surface area (Å²) in [6.07, 6.45) is 0. The van der Waals surface area contributed by atoms with Crippen LogP contribution in [-0.4, -0.2) is 0 Å². The van der Waals surface area contributed by atoms with Crippen LogP contribution in [0.4, 0.5) is 4.39 Å². The lowest BCUT2D eigenvalue weighted by Crippen LogP contribution is -1.81. The predicted molar refractivity (Wildman–Crippen MR) is 66.5 cm³/mol. The molecule has 0 fully saturated rings. The molecule has 2 heteroatoms. The first-order valence-corrected chi connectivity index (χ1v) is 5.57. The van der Waals surface area contributed by atoms with Crippen molar-refractivity contribution < 1.29 is 4.39 Å². The van der Waals surface area contributed by atoms with Crippen LogP contribution in [0.15, 0.2) is 53.0 Å². The Hall–Kier alpha value is -1.59. The molecule has 0 aromatic heterocycles. The maximum atomic E-state index is 13.2. The summed E-state index contributed by atoms with van der Waals surface area (Å²) >= 11 is 3.34. The second-order valence-electron chi connectivity index (χ2n) is 3.24. The van der Waals surface area contributed by atoms with E-state index in [1.54, 1.807) is 18.2 Å². The minimum absolute atomic E-state index is 0.285. The van der Waals surface area contributed by atoms with Crippen LogP contribution in [0.2, 0.25) is 0 Å². The van der Waals surface area contributed by atoms with E-state index in [0.29, 0.717) is 5.56 Å². The van der Waals surface area contributed by atoms with Gasteiger partial charge >= 0.3 is 0 Å². The zero-order valence-electron chi connectivity index (χ0n) is 8.37. The molecule has 0 aliphatic carbocycles. The molecule has 2 aromatic rings. The van der Waals surface area contributed by atoms with Gasteiger partial charge in [-0.3, -0.25) is 0 Å². The Kier molecular flexibility index (Phi) is 3.38. The highest BCUT2D eigenvalue weighted by molar-refractivity contribution is 9.10. The van der Waals surface area contributed by atoms with Crippen molar-refractivity contribution in [3.05, 3.63) is 69.9 Å². The van der Waals surface area contributed by atoms with Crippen molar-refractivity contribution in [2.75, 3.05) is 0 Å². The maximum Gasteiger partial charge on any atom is 0.138 e. The molecule has 2 rings (SSSR count). The molecule has 0 aliphatic rings. The molecule has 0 unspecified atom stereocenters. The van der Waals surface area contributed by atoms with Gasteiger partial charge in [0.15, 0.2) is 0 Å². The summed E-state index contributed by atoms with van der Waals surface area (Å²) < 4.78 is 14.3. The molecule has 2 aromatic carbocycles. The molecule has 0 spiro atoms. The molecule has 0 nitrogen and oxygen atoms in total. The van der Waals surface area contributed by atoms with Crippen molar-refractivity contribution in [1.29, 1.82) is 0 Å². The monoisotopic (exact) mass is 274 g/mol. The topological polar surface area (TPSA) is 0 Å². The van der Waals surface area contributed by atoms with E-state index in [1.807, 2.05) is 24.3 Å². The Balaban J connectivity index is 2.29. The Morgan fingerprint density at radius 2 is 1.56 bits per heavy atom. The van der Waals surface area contributed by atoms with E-state index in [-0.39, 0.29) is 5.82 Å².